The van der Waals surface area contributed by atoms with E-state index in [1.165, 1.54) is 5.56 Å². The van der Waals surface area contributed by atoms with Gasteiger partial charge in [-0.2, -0.15) is 0 Å². The van der Waals surface area contributed by atoms with Crippen LogP contribution in [0.1, 0.15) is 21.7 Å². The molecule has 2 N–H and O–H groups in total. The van der Waals surface area contributed by atoms with Crippen molar-refractivity contribution in [2.75, 3.05) is 7.11 Å². The summed E-state index contributed by atoms with van der Waals surface area (Å²) in [6.07, 6.45) is 1.72. The molecule has 0 aliphatic rings. The summed E-state index contributed by atoms with van der Waals surface area (Å²) in [5.41, 5.74) is 3.41. The molecule has 0 spiro atoms. The van der Waals surface area contributed by atoms with Gasteiger partial charge in [0.05, 0.1) is 29.8 Å². The maximum atomic E-state index is 13.0. The highest BCUT2D eigenvalue weighted by atomic mass is 32.2. The Kier molecular flexibility index (Phi) is 5.53. The van der Waals surface area contributed by atoms with Crippen molar-refractivity contribution in [1.82, 2.24) is 15.3 Å². The van der Waals surface area contributed by atoms with E-state index in [0.29, 0.717) is 12.2 Å². The fraction of sp³-hybridized carbons (Fsp3) is 0.130. The van der Waals surface area contributed by atoms with Crippen LogP contribution < -0.4 is 10.1 Å². The molecule has 0 atom stereocenters. The van der Waals surface area contributed by atoms with Crippen LogP contribution in [0.3, 0.4) is 0 Å². The van der Waals surface area contributed by atoms with Gasteiger partial charge >= 0.3 is 0 Å². The summed E-state index contributed by atoms with van der Waals surface area (Å²) >= 11 is 1.57. The number of nitrogens with zero attached hydrogens (tertiary/aromatic N) is 1. The maximum absolute atomic E-state index is 13.0. The van der Waals surface area contributed by atoms with E-state index in [4.69, 9.17) is 4.74 Å². The first-order valence-corrected chi connectivity index (χ1v) is 10.1. The first-order chi connectivity index (χ1) is 14.1. The number of aromatic nitrogens is 2. The molecule has 0 radical (unpaired) electrons. The van der Waals surface area contributed by atoms with Crippen molar-refractivity contribution in [1.29, 1.82) is 0 Å². The molecule has 2 heterocycles. The van der Waals surface area contributed by atoms with Crippen LogP contribution in [0, 0.1) is 6.92 Å². The van der Waals surface area contributed by atoms with Crippen molar-refractivity contribution in [2.24, 2.45) is 0 Å². The minimum absolute atomic E-state index is 0.166. The van der Waals surface area contributed by atoms with Gasteiger partial charge in [-0.1, -0.05) is 35.5 Å². The second-order valence-electron chi connectivity index (χ2n) is 6.66. The molecule has 0 aliphatic heterocycles. The summed E-state index contributed by atoms with van der Waals surface area (Å²) in [7, 11) is 1.63. The predicted molar refractivity (Wildman–Crippen MR) is 116 cm³/mol. The lowest BCUT2D eigenvalue weighted by Gasteiger charge is -2.07. The Bertz CT molecular complexity index is 1140. The molecule has 0 aliphatic carbocycles. The highest BCUT2D eigenvalue weighted by molar-refractivity contribution is 7.99. The summed E-state index contributed by atoms with van der Waals surface area (Å²) in [6, 6.07) is 19.7. The molecule has 4 aromatic rings. The number of aromatic amines is 1. The number of benzene rings is 2. The number of carbonyl (C=O) groups excluding carboxylic acids is 1. The van der Waals surface area contributed by atoms with E-state index < -0.39 is 0 Å². The van der Waals surface area contributed by atoms with Gasteiger partial charge in [-0.15, -0.1) is 0 Å². The summed E-state index contributed by atoms with van der Waals surface area (Å²) in [5.74, 6) is 0.575. The lowest BCUT2D eigenvalue weighted by Crippen LogP contribution is -2.24. The van der Waals surface area contributed by atoms with E-state index in [1.807, 2.05) is 36.4 Å². The average molecular weight is 404 g/mol. The molecule has 4 rings (SSSR count). The highest BCUT2D eigenvalue weighted by Crippen LogP contribution is 2.38. The van der Waals surface area contributed by atoms with Crippen LogP contribution in [0.25, 0.3) is 10.9 Å². The van der Waals surface area contributed by atoms with E-state index in [-0.39, 0.29) is 5.91 Å². The van der Waals surface area contributed by atoms with Gasteiger partial charge in [0.25, 0.3) is 5.91 Å². The lowest BCUT2D eigenvalue weighted by molar-refractivity contribution is 0.0943. The number of carbonyl (C=O) groups is 1. The lowest BCUT2D eigenvalue weighted by atomic mass is 10.2. The third-order valence-electron chi connectivity index (χ3n) is 4.58. The van der Waals surface area contributed by atoms with Crippen LogP contribution in [0.15, 0.2) is 76.7 Å². The number of aryl methyl sites for hydroxylation is 1. The fourth-order valence-corrected chi connectivity index (χ4v) is 4.07. The normalized spacial score (nSPS) is 10.8. The topological polar surface area (TPSA) is 67.0 Å². The Labute approximate surface area is 173 Å². The largest absolute Gasteiger partial charge is 0.497 e. The van der Waals surface area contributed by atoms with Crippen molar-refractivity contribution in [3.8, 4) is 5.75 Å². The number of pyridine rings is 1. The van der Waals surface area contributed by atoms with E-state index in [1.54, 1.807) is 25.1 Å². The zero-order valence-corrected chi connectivity index (χ0v) is 17.0. The quantitative estimate of drug-likeness (QED) is 0.477. The first-order valence-electron chi connectivity index (χ1n) is 9.26. The van der Waals surface area contributed by atoms with Crippen molar-refractivity contribution >= 4 is 28.6 Å². The number of ether oxygens (including phenoxy) is 1. The minimum Gasteiger partial charge on any atom is -0.497 e. The monoisotopic (exact) mass is 403 g/mol. The minimum atomic E-state index is -0.166. The van der Waals surface area contributed by atoms with Gasteiger partial charge in [-0.25, -0.2) is 0 Å². The van der Waals surface area contributed by atoms with E-state index >= 15 is 0 Å². The molecular weight excluding hydrogens is 382 g/mol. The van der Waals surface area contributed by atoms with Crippen LogP contribution in [0.5, 0.6) is 5.75 Å². The van der Waals surface area contributed by atoms with Crippen molar-refractivity contribution in [2.45, 2.75) is 23.3 Å². The maximum Gasteiger partial charge on any atom is 0.269 e. The molecule has 6 heteroatoms. The third kappa shape index (κ3) is 4.27. The van der Waals surface area contributed by atoms with Gasteiger partial charge in [0.2, 0.25) is 0 Å². The van der Waals surface area contributed by atoms with E-state index in [2.05, 4.69) is 46.5 Å². The Balaban J connectivity index is 1.68. The predicted octanol–water partition coefficient (Wildman–Crippen LogP) is 4.96. The van der Waals surface area contributed by atoms with Gasteiger partial charge in [-0.05, 0) is 43.3 Å². The SMILES string of the molecule is COc1ccc2c(Sc3ccc(C)cc3)c(C(=O)NCc3ccccn3)[nH]c2c1. The molecule has 2 aromatic carbocycles. The molecule has 0 saturated carbocycles. The highest BCUT2D eigenvalue weighted by Gasteiger charge is 2.19. The van der Waals surface area contributed by atoms with Crippen LogP contribution in [0.2, 0.25) is 0 Å². The van der Waals surface area contributed by atoms with Crippen LogP contribution in [-0.4, -0.2) is 23.0 Å². The van der Waals surface area contributed by atoms with Gasteiger partial charge < -0.3 is 15.0 Å². The fourth-order valence-electron chi connectivity index (χ4n) is 3.03. The van der Waals surface area contributed by atoms with Crippen molar-refractivity contribution < 1.29 is 9.53 Å². The number of H-pyrrole nitrogens is 1. The molecule has 0 saturated heterocycles. The Morgan fingerprint density at radius 3 is 2.69 bits per heavy atom. The molecule has 5 nitrogen and oxygen atoms in total. The molecule has 146 valence electrons. The Hall–Kier alpha value is -3.25. The molecule has 0 bridgehead atoms. The van der Waals surface area contributed by atoms with Crippen LogP contribution in [0.4, 0.5) is 0 Å². The number of nitrogens with one attached hydrogen (secondary N) is 2. The third-order valence-corrected chi connectivity index (χ3v) is 5.72. The summed E-state index contributed by atoms with van der Waals surface area (Å²) in [4.78, 5) is 22.5. The molecular formula is C23H21N3O2S. The van der Waals surface area contributed by atoms with E-state index in [0.717, 1.165) is 32.1 Å². The summed E-state index contributed by atoms with van der Waals surface area (Å²) < 4.78 is 5.33. The number of fused-ring (bicyclic) bond motifs is 1. The number of rotatable bonds is 6. The summed E-state index contributed by atoms with van der Waals surface area (Å²) in [6.45, 7) is 2.43. The summed E-state index contributed by atoms with van der Waals surface area (Å²) in [5, 5.41) is 3.95. The zero-order valence-electron chi connectivity index (χ0n) is 16.2. The molecule has 0 unspecified atom stereocenters. The molecule has 1 amide bonds. The van der Waals surface area contributed by atoms with Gasteiger partial charge in [-0.3, -0.25) is 9.78 Å². The Morgan fingerprint density at radius 2 is 1.97 bits per heavy atom. The van der Waals surface area contributed by atoms with Gasteiger partial charge in [0, 0.05) is 22.5 Å². The van der Waals surface area contributed by atoms with Gasteiger partial charge in [0.1, 0.15) is 11.4 Å². The standard InChI is InChI=1S/C23H21N3O2S/c1-15-6-9-18(10-7-15)29-22-19-11-8-17(28-2)13-20(19)26-21(22)23(27)25-14-16-5-3-4-12-24-16/h3-13,26H,14H2,1-2H3,(H,25,27). The Morgan fingerprint density at radius 1 is 1.14 bits per heavy atom. The smallest absolute Gasteiger partial charge is 0.269 e. The number of hydrogen-bond donors (Lipinski definition) is 2. The van der Waals surface area contributed by atoms with Crippen LogP contribution >= 0.6 is 11.8 Å². The molecule has 29 heavy (non-hydrogen) atoms. The average Bonchev–Trinajstić information content (AvgIpc) is 3.12. The van der Waals surface area contributed by atoms with E-state index in [9.17, 15) is 4.79 Å². The second-order valence-corrected chi connectivity index (χ2v) is 7.74. The van der Waals surface area contributed by atoms with Crippen LogP contribution in [-0.2, 0) is 6.54 Å². The zero-order chi connectivity index (χ0) is 20.2. The number of amides is 1. The molecule has 0 fully saturated rings. The number of hydrogen-bond acceptors (Lipinski definition) is 4. The molecule has 2 aromatic heterocycles. The first kappa shape index (κ1) is 19.1. The van der Waals surface area contributed by atoms with Gasteiger partial charge in [0.15, 0.2) is 0 Å². The second kappa shape index (κ2) is 8.41. The van der Waals surface area contributed by atoms with Crippen molar-refractivity contribution in [3.63, 3.8) is 0 Å². The number of methoxy groups -OCH3 is 1. The van der Waals surface area contributed by atoms with Crippen molar-refractivity contribution in [3.05, 3.63) is 83.8 Å².